The highest BCUT2D eigenvalue weighted by Crippen LogP contribution is 2.21. The van der Waals surface area contributed by atoms with Gasteiger partial charge in [-0.05, 0) is 31.0 Å². The topological polar surface area (TPSA) is 44.2 Å². The van der Waals surface area contributed by atoms with Crippen molar-refractivity contribution in [2.75, 3.05) is 13.2 Å². The minimum Gasteiger partial charge on any atom is -0.341 e. The summed E-state index contributed by atoms with van der Waals surface area (Å²) in [5.41, 5.74) is 1.18. The van der Waals surface area contributed by atoms with Gasteiger partial charge in [-0.3, -0.25) is 0 Å². The number of benzene rings is 1. The molecule has 4 nitrogen and oxygen atoms in total. The highest BCUT2D eigenvalue weighted by molar-refractivity contribution is 6.30. The normalized spacial score (nSPS) is 20.3. The molecule has 2 heterocycles. The predicted molar refractivity (Wildman–Crippen MR) is 93.3 cm³/mol. The molecule has 1 aliphatic rings. The standard InChI is InChI=1S/C19H16ClFN2O2/c1-2-3-14-11-24-18(25-12-14)7-4-13-9-22-19(23-10-13)15-5-6-16(20)17(21)8-15/h2-3,5-6,8-10,14,18H,11-12H2,1H3/b3-2+. The molecule has 3 rings (SSSR count). The molecule has 1 saturated heterocycles. The Balaban J connectivity index is 1.65. The Morgan fingerprint density at radius 2 is 1.96 bits per heavy atom. The summed E-state index contributed by atoms with van der Waals surface area (Å²) in [5, 5.41) is 0.0652. The first-order valence-corrected chi connectivity index (χ1v) is 8.18. The number of allylic oxidation sites excluding steroid dienone is 1. The molecule has 0 radical (unpaired) electrons. The molecule has 0 amide bonds. The second kappa shape index (κ2) is 8.21. The van der Waals surface area contributed by atoms with E-state index >= 15 is 0 Å². The lowest BCUT2D eigenvalue weighted by Crippen LogP contribution is -2.30. The van der Waals surface area contributed by atoms with Crippen LogP contribution in [-0.4, -0.2) is 29.5 Å². The summed E-state index contributed by atoms with van der Waals surface area (Å²) in [6, 6.07) is 4.44. The molecule has 1 fully saturated rings. The Morgan fingerprint density at radius 1 is 1.24 bits per heavy atom. The maximum Gasteiger partial charge on any atom is 0.222 e. The maximum atomic E-state index is 13.5. The second-order valence-corrected chi connectivity index (χ2v) is 5.89. The van der Waals surface area contributed by atoms with Crippen molar-refractivity contribution >= 4 is 11.6 Å². The van der Waals surface area contributed by atoms with Gasteiger partial charge in [0.15, 0.2) is 5.82 Å². The van der Waals surface area contributed by atoms with Crippen molar-refractivity contribution in [2.24, 2.45) is 5.92 Å². The summed E-state index contributed by atoms with van der Waals surface area (Å²) in [6.45, 7) is 3.14. The minimum atomic E-state index is -0.549. The molecule has 128 valence electrons. The molecule has 6 heteroatoms. The first kappa shape index (κ1) is 17.6. The van der Waals surface area contributed by atoms with Crippen LogP contribution in [0.25, 0.3) is 11.4 Å². The van der Waals surface area contributed by atoms with E-state index in [-0.39, 0.29) is 10.9 Å². The summed E-state index contributed by atoms with van der Waals surface area (Å²) >= 11 is 5.67. The smallest absolute Gasteiger partial charge is 0.222 e. The summed E-state index contributed by atoms with van der Waals surface area (Å²) in [7, 11) is 0. The van der Waals surface area contributed by atoms with Crippen LogP contribution in [0.4, 0.5) is 4.39 Å². The van der Waals surface area contributed by atoms with Gasteiger partial charge in [0.05, 0.1) is 23.8 Å². The number of aromatic nitrogens is 2. The number of rotatable bonds is 2. The molecule has 0 spiro atoms. The number of nitrogens with zero attached hydrogens (tertiary/aromatic N) is 2. The largest absolute Gasteiger partial charge is 0.341 e. The van der Waals surface area contributed by atoms with Crippen LogP contribution in [0.2, 0.25) is 5.02 Å². The Morgan fingerprint density at radius 3 is 2.60 bits per heavy atom. The highest BCUT2D eigenvalue weighted by Gasteiger charge is 2.18. The molecule has 0 bridgehead atoms. The molecule has 1 aromatic carbocycles. The Bertz CT molecular complexity index is 820. The molecule has 0 saturated carbocycles. The van der Waals surface area contributed by atoms with Crippen molar-refractivity contribution in [1.29, 1.82) is 0 Å². The monoisotopic (exact) mass is 358 g/mol. The Labute approximate surface area is 150 Å². The quantitative estimate of drug-likeness (QED) is 0.604. The van der Waals surface area contributed by atoms with Crippen molar-refractivity contribution in [1.82, 2.24) is 9.97 Å². The fourth-order valence-electron chi connectivity index (χ4n) is 2.30. The van der Waals surface area contributed by atoms with Crippen LogP contribution in [0.5, 0.6) is 0 Å². The summed E-state index contributed by atoms with van der Waals surface area (Å²) in [5.74, 6) is 5.99. The fourth-order valence-corrected chi connectivity index (χ4v) is 2.42. The second-order valence-electron chi connectivity index (χ2n) is 5.48. The zero-order valence-electron chi connectivity index (χ0n) is 13.6. The summed E-state index contributed by atoms with van der Waals surface area (Å²) in [6.07, 6.45) is 6.64. The van der Waals surface area contributed by atoms with Crippen molar-refractivity contribution in [3.8, 4) is 23.2 Å². The minimum absolute atomic E-state index is 0.0652. The number of hydrogen-bond acceptors (Lipinski definition) is 4. The number of hydrogen-bond donors (Lipinski definition) is 0. The van der Waals surface area contributed by atoms with Crippen LogP contribution in [0.3, 0.4) is 0 Å². The van der Waals surface area contributed by atoms with Crippen LogP contribution < -0.4 is 0 Å². The van der Waals surface area contributed by atoms with Gasteiger partial charge in [-0.15, -0.1) is 0 Å². The van der Waals surface area contributed by atoms with E-state index in [0.29, 0.717) is 30.2 Å². The highest BCUT2D eigenvalue weighted by atomic mass is 35.5. The van der Waals surface area contributed by atoms with Gasteiger partial charge in [-0.1, -0.05) is 29.7 Å². The molecule has 0 N–H and O–H groups in total. The number of ether oxygens (including phenoxy) is 2. The third-order valence-corrected chi connectivity index (χ3v) is 3.86. The van der Waals surface area contributed by atoms with Crippen LogP contribution in [0.1, 0.15) is 12.5 Å². The zero-order chi connectivity index (χ0) is 17.6. The van der Waals surface area contributed by atoms with Crippen LogP contribution in [0.15, 0.2) is 42.7 Å². The predicted octanol–water partition coefficient (Wildman–Crippen LogP) is 3.85. The van der Waals surface area contributed by atoms with Gasteiger partial charge >= 0.3 is 0 Å². The fraction of sp³-hybridized carbons (Fsp3) is 0.263. The van der Waals surface area contributed by atoms with Crippen molar-refractivity contribution < 1.29 is 13.9 Å². The van der Waals surface area contributed by atoms with E-state index in [4.69, 9.17) is 21.1 Å². The average molecular weight is 359 g/mol. The first-order chi connectivity index (χ1) is 12.2. The molecule has 1 aliphatic heterocycles. The van der Waals surface area contributed by atoms with Gasteiger partial charge in [-0.25, -0.2) is 14.4 Å². The molecule has 1 aromatic heterocycles. The average Bonchev–Trinajstić information content (AvgIpc) is 2.64. The molecule has 25 heavy (non-hydrogen) atoms. The van der Waals surface area contributed by atoms with Crippen LogP contribution in [0, 0.1) is 23.6 Å². The molecule has 0 atom stereocenters. The Hall–Kier alpha value is -2.26. The van der Waals surface area contributed by atoms with Gasteiger partial charge in [0.1, 0.15) is 5.82 Å². The zero-order valence-corrected chi connectivity index (χ0v) is 14.3. The van der Waals surface area contributed by atoms with E-state index in [1.54, 1.807) is 18.5 Å². The van der Waals surface area contributed by atoms with Crippen molar-refractivity contribution in [3.63, 3.8) is 0 Å². The lowest BCUT2D eigenvalue weighted by atomic mass is 10.1. The SMILES string of the molecule is C/C=C/C1COC(C#Cc2cnc(-c3ccc(Cl)c(F)c3)nc2)OC1. The van der Waals surface area contributed by atoms with Crippen LogP contribution >= 0.6 is 11.6 Å². The Kier molecular flexibility index (Phi) is 5.77. The van der Waals surface area contributed by atoms with E-state index in [0.717, 1.165) is 0 Å². The van der Waals surface area contributed by atoms with E-state index in [1.807, 2.05) is 13.0 Å². The maximum absolute atomic E-state index is 13.5. The van der Waals surface area contributed by atoms with E-state index in [9.17, 15) is 4.39 Å². The van der Waals surface area contributed by atoms with Gasteiger partial charge in [0, 0.05) is 23.9 Å². The summed E-state index contributed by atoms with van der Waals surface area (Å²) in [4.78, 5) is 8.41. The third kappa shape index (κ3) is 4.64. The lowest BCUT2D eigenvalue weighted by molar-refractivity contribution is -0.160. The molecule has 0 unspecified atom stereocenters. The van der Waals surface area contributed by atoms with Gasteiger partial charge in [0.25, 0.3) is 0 Å². The van der Waals surface area contributed by atoms with Gasteiger partial charge in [-0.2, -0.15) is 0 Å². The van der Waals surface area contributed by atoms with Gasteiger partial charge < -0.3 is 9.47 Å². The third-order valence-electron chi connectivity index (χ3n) is 3.55. The molecular formula is C19H16ClFN2O2. The van der Waals surface area contributed by atoms with Crippen molar-refractivity contribution in [3.05, 3.63) is 59.1 Å². The van der Waals surface area contributed by atoms with Gasteiger partial charge in [0.2, 0.25) is 6.29 Å². The number of halogens is 2. The van der Waals surface area contributed by atoms with Crippen LogP contribution in [-0.2, 0) is 9.47 Å². The molecular weight excluding hydrogens is 343 g/mol. The molecule has 2 aromatic rings. The first-order valence-electron chi connectivity index (χ1n) is 7.80. The van der Waals surface area contributed by atoms with E-state index < -0.39 is 12.1 Å². The van der Waals surface area contributed by atoms with Crippen molar-refractivity contribution in [2.45, 2.75) is 13.2 Å². The summed E-state index contributed by atoms with van der Waals surface area (Å²) < 4.78 is 24.6. The molecule has 0 aliphatic carbocycles. The van der Waals surface area contributed by atoms with E-state index in [2.05, 4.69) is 27.9 Å². The lowest BCUT2D eigenvalue weighted by Gasteiger charge is -2.24. The van der Waals surface area contributed by atoms with E-state index in [1.165, 1.54) is 12.1 Å².